The zero-order chi connectivity index (χ0) is 18.5. The zero-order valence-corrected chi connectivity index (χ0v) is 14.3. The van der Waals surface area contributed by atoms with Gasteiger partial charge in [-0.3, -0.25) is 19.0 Å². The molecule has 1 heterocycles. The van der Waals surface area contributed by atoms with E-state index < -0.39 is 11.1 Å². The predicted octanol–water partition coefficient (Wildman–Crippen LogP) is 1.06. The molecule has 134 valence electrons. The average molecular weight is 353 g/mol. The minimum atomic E-state index is -0.742. The van der Waals surface area contributed by atoms with Gasteiger partial charge in [0.25, 0.3) is 0 Å². The number of aromatic nitrogens is 2. The first-order valence-electron chi connectivity index (χ1n) is 8.20. The number of carbonyl (C=O) groups excluding carboxylic acids is 1. The van der Waals surface area contributed by atoms with Crippen molar-refractivity contribution in [1.29, 1.82) is 0 Å². The van der Waals surface area contributed by atoms with Gasteiger partial charge >= 0.3 is 11.1 Å². The van der Waals surface area contributed by atoms with Gasteiger partial charge < -0.3 is 15.0 Å². The van der Waals surface area contributed by atoms with E-state index in [2.05, 4.69) is 10.3 Å². The summed E-state index contributed by atoms with van der Waals surface area (Å²) >= 11 is 0. The summed E-state index contributed by atoms with van der Waals surface area (Å²) in [7, 11) is 1.61. The maximum Gasteiger partial charge on any atom is 0.317 e. The van der Waals surface area contributed by atoms with E-state index in [4.69, 9.17) is 4.74 Å². The molecule has 0 radical (unpaired) electrons. The number of carbonyl (C=O) groups is 1. The van der Waals surface area contributed by atoms with E-state index >= 15 is 0 Å². The molecule has 2 N–H and O–H groups in total. The fourth-order valence-corrected chi connectivity index (χ4v) is 2.72. The van der Waals surface area contributed by atoms with Gasteiger partial charge in [-0.2, -0.15) is 0 Å². The number of rotatable bonds is 6. The van der Waals surface area contributed by atoms with E-state index in [1.54, 1.807) is 31.4 Å². The van der Waals surface area contributed by atoms with Crippen LogP contribution in [0.4, 0.5) is 0 Å². The number of benzene rings is 2. The molecule has 3 rings (SSSR count). The van der Waals surface area contributed by atoms with Crippen molar-refractivity contribution in [3.05, 3.63) is 74.8 Å². The largest absolute Gasteiger partial charge is 0.497 e. The fraction of sp³-hybridized carbons (Fsp3) is 0.211. The van der Waals surface area contributed by atoms with Crippen LogP contribution in [-0.2, 0) is 17.8 Å². The van der Waals surface area contributed by atoms with E-state index in [9.17, 15) is 14.4 Å². The molecule has 1 amide bonds. The molecule has 0 spiro atoms. The summed E-state index contributed by atoms with van der Waals surface area (Å²) in [4.78, 5) is 38.6. The number of H-pyrrole nitrogens is 1. The van der Waals surface area contributed by atoms with Gasteiger partial charge in [0.2, 0.25) is 5.91 Å². The molecule has 0 saturated heterocycles. The van der Waals surface area contributed by atoms with Crippen LogP contribution in [-0.4, -0.2) is 29.1 Å². The standard InChI is InChI=1S/C19H19N3O4/c1-26-14-8-6-13(7-9-14)10-11-20-17(23)12-22-16-5-3-2-4-15(16)21-18(24)19(22)25/h2-9H,10-12H2,1H3,(H,20,23)(H,21,24). The van der Waals surface area contributed by atoms with Crippen molar-refractivity contribution in [2.45, 2.75) is 13.0 Å². The Morgan fingerprint density at radius 3 is 2.58 bits per heavy atom. The van der Waals surface area contributed by atoms with E-state index in [1.807, 2.05) is 24.3 Å². The van der Waals surface area contributed by atoms with Crippen molar-refractivity contribution >= 4 is 16.9 Å². The number of ether oxygens (including phenoxy) is 1. The van der Waals surface area contributed by atoms with Crippen molar-refractivity contribution < 1.29 is 9.53 Å². The zero-order valence-electron chi connectivity index (χ0n) is 14.3. The summed E-state index contributed by atoms with van der Waals surface area (Å²) in [6.07, 6.45) is 0.654. The lowest BCUT2D eigenvalue weighted by Crippen LogP contribution is -2.40. The molecular weight excluding hydrogens is 334 g/mol. The Kier molecular flexibility index (Phi) is 5.17. The van der Waals surface area contributed by atoms with E-state index in [0.717, 1.165) is 11.3 Å². The second-order valence-electron chi connectivity index (χ2n) is 5.81. The third-order valence-corrected chi connectivity index (χ3v) is 4.08. The van der Waals surface area contributed by atoms with Gasteiger partial charge in [0.05, 0.1) is 18.1 Å². The monoisotopic (exact) mass is 353 g/mol. The number of aromatic amines is 1. The van der Waals surface area contributed by atoms with Gasteiger partial charge in [0.1, 0.15) is 12.3 Å². The Morgan fingerprint density at radius 2 is 1.85 bits per heavy atom. The van der Waals surface area contributed by atoms with Crippen LogP contribution >= 0.6 is 0 Å². The number of amides is 1. The van der Waals surface area contributed by atoms with Crippen LogP contribution in [0.2, 0.25) is 0 Å². The highest BCUT2D eigenvalue weighted by Crippen LogP contribution is 2.11. The highest BCUT2D eigenvalue weighted by molar-refractivity contribution is 5.79. The Balaban J connectivity index is 1.66. The summed E-state index contributed by atoms with van der Waals surface area (Å²) in [5.41, 5.74) is 0.610. The number of hydrogen-bond acceptors (Lipinski definition) is 4. The Labute approximate surface area is 149 Å². The van der Waals surface area contributed by atoms with Crippen molar-refractivity contribution in [2.24, 2.45) is 0 Å². The smallest absolute Gasteiger partial charge is 0.317 e. The van der Waals surface area contributed by atoms with Crippen molar-refractivity contribution in [2.75, 3.05) is 13.7 Å². The number of fused-ring (bicyclic) bond motifs is 1. The molecule has 0 atom stereocenters. The molecule has 0 aliphatic heterocycles. The fourth-order valence-electron chi connectivity index (χ4n) is 2.72. The highest BCUT2D eigenvalue weighted by atomic mass is 16.5. The van der Waals surface area contributed by atoms with Crippen LogP contribution in [0.5, 0.6) is 5.75 Å². The van der Waals surface area contributed by atoms with Crippen molar-refractivity contribution in [3.63, 3.8) is 0 Å². The Bertz CT molecular complexity index is 1040. The summed E-state index contributed by atoms with van der Waals surface area (Å²) in [5.74, 6) is 0.453. The number of methoxy groups -OCH3 is 1. The quantitative estimate of drug-likeness (QED) is 0.648. The lowest BCUT2D eigenvalue weighted by atomic mass is 10.1. The molecule has 7 heteroatoms. The van der Waals surface area contributed by atoms with Gasteiger partial charge in [-0.05, 0) is 36.2 Å². The van der Waals surface area contributed by atoms with Gasteiger partial charge in [0.15, 0.2) is 0 Å². The summed E-state index contributed by atoms with van der Waals surface area (Å²) in [5, 5.41) is 2.78. The first-order chi connectivity index (χ1) is 12.6. The SMILES string of the molecule is COc1ccc(CCNC(=O)Cn2c(=O)c(=O)[nH]c3ccccc32)cc1. The molecule has 0 unspecified atom stereocenters. The second-order valence-corrected chi connectivity index (χ2v) is 5.81. The Hall–Kier alpha value is -3.35. The number of nitrogens with one attached hydrogen (secondary N) is 2. The molecule has 26 heavy (non-hydrogen) atoms. The van der Waals surface area contributed by atoms with Gasteiger partial charge in [-0.25, -0.2) is 0 Å². The molecule has 1 aromatic heterocycles. The van der Waals surface area contributed by atoms with E-state index in [1.165, 1.54) is 4.57 Å². The molecule has 0 saturated carbocycles. The second kappa shape index (κ2) is 7.69. The molecular formula is C19H19N3O4. The third-order valence-electron chi connectivity index (χ3n) is 4.08. The van der Waals surface area contributed by atoms with Crippen molar-refractivity contribution in [1.82, 2.24) is 14.9 Å². The van der Waals surface area contributed by atoms with Gasteiger partial charge in [-0.15, -0.1) is 0 Å². The van der Waals surface area contributed by atoms with Crippen molar-refractivity contribution in [3.8, 4) is 5.75 Å². The molecule has 0 aliphatic rings. The molecule has 0 aliphatic carbocycles. The van der Waals surface area contributed by atoms with E-state index in [-0.39, 0.29) is 12.5 Å². The molecule has 0 bridgehead atoms. The maximum atomic E-state index is 12.2. The number of hydrogen-bond donors (Lipinski definition) is 2. The highest BCUT2D eigenvalue weighted by Gasteiger charge is 2.10. The lowest BCUT2D eigenvalue weighted by molar-refractivity contribution is -0.121. The normalized spacial score (nSPS) is 10.7. The van der Waals surface area contributed by atoms with Crippen LogP contribution in [0.15, 0.2) is 58.1 Å². The third kappa shape index (κ3) is 3.83. The van der Waals surface area contributed by atoms with Crippen LogP contribution in [0.3, 0.4) is 0 Å². The van der Waals surface area contributed by atoms with Gasteiger partial charge in [0, 0.05) is 6.54 Å². The Morgan fingerprint density at radius 1 is 1.12 bits per heavy atom. The van der Waals surface area contributed by atoms with Crippen LogP contribution < -0.4 is 21.2 Å². The summed E-state index contributed by atoms with van der Waals surface area (Å²) < 4.78 is 6.30. The van der Waals surface area contributed by atoms with Gasteiger partial charge in [-0.1, -0.05) is 24.3 Å². The molecule has 0 fully saturated rings. The minimum absolute atomic E-state index is 0.203. The topological polar surface area (TPSA) is 93.2 Å². The van der Waals surface area contributed by atoms with Crippen LogP contribution in [0.1, 0.15) is 5.56 Å². The molecule has 3 aromatic rings. The van der Waals surface area contributed by atoms with E-state index in [0.29, 0.717) is 24.0 Å². The molecule has 2 aromatic carbocycles. The maximum absolute atomic E-state index is 12.2. The summed E-state index contributed by atoms with van der Waals surface area (Å²) in [6, 6.07) is 14.5. The lowest BCUT2D eigenvalue weighted by Gasteiger charge is -2.10. The average Bonchev–Trinajstić information content (AvgIpc) is 2.66. The predicted molar refractivity (Wildman–Crippen MR) is 98.5 cm³/mol. The molecule has 7 nitrogen and oxygen atoms in total. The first-order valence-corrected chi connectivity index (χ1v) is 8.20. The number of para-hydroxylation sites is 2. The van der Waals surface area contributed by atoms with Crippen LogP contribution in [0, 0.1) is 0 Å². The number of nitrogens with zero attached hydrogens (tertiary/aromatic N) is 1. The first kappa shape index (κ1) is 17.5. The van der Waals surface area contributed by atoms with Crippen LogP contribution in [0.25, 0.3) is 11.0 Å². The summed E-state index contributed by atoms with van der Waals surface area (Å²) in [6.45, 7) is 0.229. The minimum Gasteiger partial charge on any atom is -0.497 e.